The highest BCUT2D eigenvalue weighted by atomic mass is 16.2. The van der Waals surface area contributed by atoms with Crippen LogP contribution in [0.5, 0.6) is 0 Å². The van der Waals surface area contributed by atoms with Crippen molar-refractivity contribution >= 4 is 12.3 Å². The Hall–Kier alpha value is -1.10. The minimum Gasteiger partial charge on any atom is -0.339 e. The van der Waals surface area contributed by atoms with E-state index >= 15 is 0 Å². The van der Waals surface area contributed by atoms with Gasteiger partial charge in [-0.2, -0.15) is 0 Å². The molecule has 0 bridgehead atoms. The third kappa shape index (κ3) is 2.69. The van der Waals surface area contributed by atoms with Crippen molar-refractivity contribution in [1.82, 2.24) is 15.5 Å². The molecule has 1 N–H and O–H groups in total. The molecule has 1 aliphatic heterocycles. The molecule has 5 heteroatoms. The number of amides is 2. The van der Waals surface area contributed by atoms with Gasteiger partial charge in [0.25, 0.3) is 0 Å². The number of rotatable bonds is 3. The summed E-state index contributed by atoms with van der Waals surface area (Å²) in [5, 5.41) is 0. The predicted molar refractivity (Wildman–Crippen MR) is 46.4 cm³/mol. The van der Waals surface area contributed by atoms with Gasteiger partial charge in [0.2, 0.25) is 5.91 Å². The van der Waals surface area contributed by atoms with Crippen LogP contribution in [0.25, 0.3) is 0 Å². The summed E-state index contributed by atoms with van der Waals surface area (Å²) in [5.41, 5.74) is 6.91. The molecule has 2 radical (unpaired) electrons. The fourth-order valence-electron chi connectivity index (χ4n) is 1.31. The van der Waals surface area contributed by atoms with Crippen LogP contribution in [0.2, 0.25) is 0 Å². The Morgan fingerprint density at radius 2 is 1.92 bits per heavy atom. The fourth-order valence-corrected chi connectivity index (χ4v) is 1.31. The molecule has 0 unspecified atom stereocenters. The monoisotopic (exact) mass is 183 g/mol. The van der Waals surface area contributed by atoms with Crippen LogP contribution in [0.3, 0.4) is 0 Å². The van der Waals surface area contributed by atoms with Crippen LogP contribution in [0.15, 0.2) is 0 Å². The van der Waals surface area contributed by atoms with Crippen molar-refractivity contribution in [2.45, 2.75) is 6.42 Å². The number of carbonyl (C=O) groups is 1. The number of nitrogens with zero attached hydrogens (tertiary/aromatic N) is 2. The molecule has 1 fully saturated rings. The van der Waals surface area contributed by atoms with Crippen molar-refractivity contribution in [3.63, 3.8) is 0 Å². The van der Waals surface area contributed by atoms with Crippen molar-refractivity contribution in [1.29, 1.82) is 0 Å². The summed E-state index contributed by atoms with van der Waals surface area (Å²) in [7, 11) is 0. The number of nitrogens with one attached hydrogen (secondary N) is 1. The molecular weight excluding hydrogens is 170 g/mol. The van der Waals surface area contributed by atoms with Gasteiger partial charge in [0, 0.05) is 39.1 Å². The van der Waals surface area contributed by atoms with Gasteiger partial charge in [0.15, 0.2) is 0 Å². The van der Waals surface area contributed by atoms with E-state index in [0.717, 1.165) is 0 Å². The number of hydrogen-bond acceptors (Lipinski definition) is 2. The Labute approximate surface area is 77.5 Å². The topological polar surface area (TPSA) is 64.4 Å². The van der Waals surface area contributed by atoms with Crippen molar-refractivity contribution in [2.75, 3.05) is 32.7 Å². The molecule has 0 aromatic rings. The smallest absolute Gasteiger partial charge is 0.312 e. The first-order chi connectivity index (χ1) is 6.27. The van der Waals surface area contributed by atoms with Gasteiger partial charge in [-0.15, -0.1) is 0 Å². The summed E-state index contributed by atoms with van der Waals surface area (Å²) in [6, 6.07) is 0. The maximum Gasteiger partial charge on any atom is 0.312 e. The average molecular weight is 183 g/mol. The van der Waals surface area contributed by atoms with E-state index in [9.17, 15) is 9.59 Å². The Balaban J connectivity index is 2.31. The third-order valence-electron chi connectivity index (χ3n) is 2.10. The first kappa shape index (κ1) is 9.98. The molecule has 1 rings (SSSR count). The number of piperazine rings is 1. The summed E-state index contributed by atoms with van der Waals surface area (Å²) < 4.78 is 0. The summed E-state index contributed by atoms with van der Waals surface area (Å²) >= 11 is 0. The highest BCUT2D eigenvalue weighted by molar-refractivity contribution is 5.76. The second-order valence-corrected chi connectivity index (χ2v) is 2.96. The second kappa shape index (κ2) is 4.81. The summed E-state index contributed by atoms with van der Waals surface area (Å²) in [6.45, 7) is 2.42. The van der Waals surface area contributed by atoms with E-state index in [2.05, 4.69) is 0 Å². The molecule has 0 atom stereocenters. The zero-order chi connectivity index (χ0) is 9.68. The Morgan fingerprint density at radius 1 is 1.31 bits per heavy atom. The van der Waals surface area contributed by atoms with Gasteiger partial charge in [-0.25, -0.2) is 0 Å². The first-order valence-corrected chi connectivity index (χ1v) is 4.33. The summed E-state index contributed by atoms with van der Waals surface area (Å²) in [4.78, 5) is 24.7. The van der Waals surface area contributed by atoms with Crippen molar-refractivity contribution in [2.24, 2.45) is 0 Å². The molecule has 13 heavy (non-hydrogen) atoms. The summed E-state index contributed by atoms with van der Waals surface area (Å²) in [6.07, 6.45) is 2.09. The Morgan fingerprint density at radius 3 is 2.38 bits per heavy atom. The molecule has 2 amide bonds. The minimum absolute atomic E-state index is 0.0144. The lowest BCUT2D eigenvalue weighted by atomic mass is 10.3. The molecule has 0 aromatic heterocycles. The van der Waals surface area contributed by atoms with Crippen LogP contribution < -0.4 is 5.73 Å². The van der Waals surface area contributed by atoms with Crippen LogP contribution in [-0.4, -0.2) is 54.8 Å². The highest BCUT2D eigenvalue weighted by Crippen LogP contribution is 2.01. The van der Waals surface area contributed by atoms with Gasteiger partial charge in [0.1, 0.15) is 0 Å². The predicted octanol–water partition coefficient (Wildman–Crippen LogP) is -1.13. The largest absolute Gasteiger partial charge is 0.339 e. The van der Waals surface area contributed by atoms with E-state index in [-0.39, 0.29) is 18.9 Å². The van der Waals surface area contributed by atoms with Crippen LogP contribution >= 0.6 is 0 Å². The van der Waals surface area contributed by atoms with Gasteiger partial charge < -0.3 is 9.80 Å². The van der Waals surface area contributed by atoms with Gasteiger partial charge in [-0.1, -0.05) is 0 Å². The quantitative estimate of drug-likeness (QED) is 0.555. The van der Waals surface area contributed by atoms with Crippen LogP contribution in [0.4, 0.5) is 0 Å². The zero-order valence-corrected chi connectivity index (χ0v) is 7.45. The van der Waals surface area contributed by atoms with Crippen molar-refractivity contribution < 1.29 is 9.59 Å². The van der Waals surface area contributed by atoms with E-state index in [1.54, 1.807) is 11.3 Å². The highest BCUT2D eigenvalue weighted by Gasteiger charge is 2.19. The average Bonchev–Trinajstić information content (AvgIpc) is 2.18. The molecule has 1 heterocycles. The maximum absolute atomic E-state index is 11.3. The molecule has 72 valence electrons. The van der Waals surface area contributed by atoms with E-state index in [4.69, 9.17) is 5.73 Å². The standard InChI is InChI=1S/C8H13N3O2/c9-2-1-8(13)11-5-3-10(7-12)4-6-11/h9H,1-6H2. The molecule has 5 nitrogen and oxygen atoms in total. The lowest BCUT2D eigenvalue weighted by Crippen LogP contribution is -2.48. The third-order valence-corrected chi connectivity index (χ3v) is 2.10. The molecule has 0 saturated carbocycles. The minimum atomic E-state index is 0.0144. The van der Waals surface area contributed by atoms with E-state index in [0.29, 0.717) is 26.2 Å². The SMILES string of the molecule is [NH]CCC(=O)N1CCN([C]=O)CC1. The van der Waals surface area contributed by atoms with Gasteiger partial charge in [-0.05, 0) is 0 Å². The molecule has 0 aliphatic carbocycles. The van der Waals surface area contributed by atoms with Gasteiger partial charge >= 0.3 is 6.41 Å². The molecule has 1 aliphatic rings. The molecular formula is C8H13N3O2. The van der Waals surface area contributed by atoms with E-state index in [1.807, 2.05) is 0 Å². The molecule has 0 spiro atoms. The Bertz CT molecular complexity index is 188. The normalized spacial score (nSPS) is 17.3. The summed E-state index contributed by atoms with van der Waals surface area (Å²) in [5.74, 6) is 0.0144. The Kier molecular flexibility index (Phi) is 3.70. The van der Waals surface area contributed by atoms with Crippen LogP contribution in [-0.2, 0) is 9.59 Å². The fraction of sp³-hybridized carbons (Fsp3) is 0.750. The van der Waals surface area contributed by atoms with Gasteiger partial charge in [0.05, 0.1) is 0 Å². The molecule has 1 saturated heterocycles. The van der Waals surface area contributed by atoms with E-state index < -0.39 is 0 Å². The number of carbonyl (C=O) groups excluding carboxylic acids is 2. The van der Waals surface area contributed by atoms with Crippen LogP contribution in [0.1, 0.15) is 6.42 Å². The van der Waals surface area contributed by atoms with Crippen LogP contribution in [0, 0.1) is 0 Å². The lowest BCUT2D eigenvalue weighted by Gasteiger charge is -2.31. The number of hydrogen-bond donors (Lipinski definition) is 0. The maximum atomic E-state index is 11.3. The lowest BCUT2D eigenvalue weighted by molar-refractivity contribution is -0.132. The molecule has 0 aromatic carbocycles. The van der Waals surface area contributed by atoms with Crippen molar-refractivity contribution in [3.05, 3.63) is 0 Å². The van der Waals surface area contributed by atoms with Gasteiger partial charge in [-0.3, -0.25) is 15.3 Å². The van der Waals surface area contributed by atoms with Crippen molar-refractivity contribution in [3.8, 4) is 0 Å². The zero-order valence-electron chi connectivity index (χ0n) is 7.45. The van der Waals surface area contributed by atoms with E-state index in [1.165, 1.54) is 4.90 Å². The first-order valence-electron chi connectivity index (χ1n) is 4.33. The second-order valence-electron chi connectivity index (χ2n) is 2.96.